The Balaban J connectivity index is 1.68. The molecule has 0 atom stereocenters. The number of halogens is 1. The molecule has 0 aliphatic rings. The summed E-state index contributed by atoms with van der Waals surface area (Å²) in [5.74, 6) is -0.223. The summed E-state index contributed by atoms with van der Waals surface area (Å²) in [6, 6.07) is 21.3. The number of rotatable bonds is 2. The number of carbonyl (C=O) groups excluding carboxylic acids is 1. The van der Waals surface area contributed by atoms with E-state index in [4.69, 9.17) is 12.2 Å². The fourth-order valence-corrected chi connectivity index (χ4v) is 2.78. The van der Waals surface area contributed by atoms with E-state index in [9.17, 15) is 4.79 Å². The molecule has 0 unspecified atom stereocenters. The number of benzene rings is 3. The van der Waals surface area contributed by atoms with Crippen molar-refractivity contribution in [3.63, 3.8) is 0 Å². The molecule has 3 aromatic carbocycles. The largest absolute Gasteiger partial charge is 0.332 e. The normalized spacial score (nSPS) is 10.3. The average molecular weight is 432 g/mol. The fraction of sp³-hybridized carbons (Fsp3) is 0. The molecule has 5 heteroatoms. The van der Waals surface area contributed by atoms with Gasteiger partial charge in [0.15, 0.2) is 5.11 Å². The lowest BCUT2D eigenvalue weighted by molar-refractivity contribution is 0.0977. The van der Waals surface area contributed by atoms with Crippen LogP contribution >= 0.6 is 34.8 Å². The zero-order chi connectivity index (χ0) is 16.2. The number of hydrogen-bond acceptors (Lipinski definition) is 2. The van der Waals surface area contributed by atoms with E-state index in [1.165, 1.54) is 0 Å². The molecule has 114 valence electrons. The van der Waals surface area contributed by atoms with Crippen molar-refractivity contribution < 1.29 is 4.79 Å². The van der Waals surface area contributed by atoms with Crippen molar-refractivity contribution in [3.05, 3.63) is 75.9 Å². The van der Waals surface area contributed by atoms with Gasteiger partial charge in [0, 0.05) is 14.8 Å². The van der Waals surface area contributed by atoms with Crippen molar-refractivity contribution in [3.8, 4) is 0 Å². The molecule has 0 spiro atoms. The second-order valence-corrected chi connectivity index (χ2v) is 6.63. The highest BCUT2D eigenvalue weighted by atomic mass is 127. The quantitative estimate of drug-likeness (QED) is 0.461. The number of nitrogens with one attached hydrogen (secondary N) is 2. The topological polar surface area (TPSA) is 41.1 Å². The van der Waals surface area contributed by atoms with E-state index in [1.54, 1.807) is 12.1 Å². The van der Waals surface area contributed by atoms with Gasteiger partial charge in [-0.05, 0) is 82.0 Å². The van der Waals surface area contributed by atoms with Crippen LogP contribution in [0.15, 0.2) is 66.7 Å². The average Bonchev–Trinajstić information content (AvgIpc) is 2.55. The van der Waals surface area contributed by atoms with E-state index in [-0.39, 0.29) is 11.0 Å². The maximum atomic E-state index is 12.1. The molecule has 23 heavy (non-hydrogen) atoms. The van der Waals surface area contributed by atoms with E-state index in [1.807, 2.05) is 48.5 Å². The number of thiocarbonyl (C=S) groups is 1. The molecule has 0 saturated heterocycles. The van der Waals surface area contributed by atoms with Crippen LogP contribution in [0.1, 0.15) is 10.4 Å². The second-order valence-electron chi connectivity index (χ2n) is 4.98. The zero-order valence-electron chi connectivity index (χ0n) is 12.0. The van der Waals surface area contributed by atoms with Crippen LogP contribution in [0.25, 0.3) is 10.8 Å². The minimum Gasteiger partial charge on any atom is -0.332 e. The van der Waals surface area contributed by atoms with Crippen molar-refractivity contribution in [1.29, 1.82) is 0 Å². The zero-order valence-corrected chi connectivity index (χ0v) is 15.0. The van der Waals surface area contributed by atoms with Crippen LogP contribution in [0.3, 0.4) is 0 Å². The molecule has 0 aromatic heterocycles. The van der Waals surface area contributed by atoms with Crippen molar-refractivity contribution in [2.45, 2.75) is 0 Å². The van der Waals surface area contributed by atoms with Crippen LogP contribution in [0.4, 0.5) is 5.69 Å². The maximum absolute atomic E-state index is 12.1. The Morgan fingerprint density at radius 1 is 0.913 bits per heavy atom. The highest BCUT2D eigenvalue weighted by Gasteiger charge is 2.08. The third-order valence-electron chi connectivity index (χ3n) is 3.34. The van der Waals surface area contributed by atoms with Gasteiger partial charge in [0.05, 0.1) is 0 Å². The SMILES string of the molecule is O=C(NC(=S)Nc1ccc2ccccc2c1)c1ccc(I)cc1. The fourth-order valence-electron chi connectivity index (χ4n) is 2.21. The summed E-state index contributed by atoms with van der Waals surface area (Å²) >= 11 is 7.41. The van der Waals surface area contributed by atoms with Crippen LogP contribution in [0.5, 0.6) is 0 Å². The van der Waals surface area contributed by atoms with Gasteiger partial charge in [0.1, 0.15) is 0 Å². The van der Waals surface area contributed by atoms with Gasteiger partial charge < -0.3 is 5.32 Å². The lowest BCUT2D eigenvalue weighted by atomic mass is 10.1. The van der Waals surface area contributed by atoms with E-state index >= 15 is 0 Å². The molecule has 3 nitrogen and oxygen atoms in total. The highest BCUT2D eigenvalue weighted by Crippen LogP contribution is 2.18. The van der Waals surface area contributed by atoms with Crippen LogP contribution in [-0.4, -0.2) is 11.0 Å². The third-order valence-corrected chi connectivity index (χ3v) is 4.26. The van der Waals surface area contributed by atoms with Crippen LogP contribution < -0.4 is 10.6 Å². The second kappa shape index (κ2) is 7.06. The first-order valence-corrected chi connectivity index (χ1v) is 8.47. The highest BCUT2D eigenvalue weighted by molar-refractivity contribution is 14.1. The monoisotopic (exact) mass is 432 g/mol. The summed E-state index contributed by atoms with van der Waals surface area (Å²) in [7, 11) is 0. The number of amides is 1. The van der Waals surface area contributed by atoms with Crippen LogP contribution in [-0.2, 0) is 0 Å². The first-order chi connectivity index (χ1) is 11.1. The Kier molecular flexibility index (Phi) is 4.88. The van der Waals surface area contributed by atoms with E-state index in [0.717, 1.165) is 20.0 Å². The van der Waals surface area contributed by atoms with E-state index in [2.05, 4.69) is 39.3 Å². The van der Waals surface area contributed by atoms with Crippen LogP contribution in [0, 0.1) is 3.57 Å². The minimum absolute atomic E-state index is 0.223. The van der Waals surface area contributed by atoms with Gasteiger partial charge in [-0.1, -0.05) is 30.3 Å². The third kappa shape index (κ3) is 4.05. The molecule has 0 bridgehead atoms. The van der Waals surface area contributed by atoms with E-state index in [0.29, 0.717) is 5.56 Å². The lowest BCUT2D eigenvalue weighted by Gasteiger charge is -2.10. The molecule has 0 radical (unpaired) electrons. The molecule has 3 aromatic rings. The van der Waals surface area contributed by atoms with Gasteiger partial charge in [-0.25, -0.2) is 0 Å². The van der Waals surface area contributed by atoms with Crippen molar-refractivity contribution in [2.75, 3.05) is 5.32 Å². The summed E-state index contributed by atoms with van der Waals surface area (Å²) in [5, 5.41) is 8.29. The van der Waals surface area contributed by atoms with Gasteiger partial charge in [0.25, 0.3) is 5.91 Å². The predicted molar refractivity (Wildman–Crippen MR) is 107 cm³/mol. The molecule has 0 heterocycles. The van der Waals surface area contributed by atoms with E-state index < -0.39 is 0 Å². The number of anilines is 1. The summed E-state index contributed by atoms with van der Waals surface area (Å²) in [6.45, 7) is 0. The number of fused-ring (bicyclic) bond motifs is 1. The Hall–Kier alpha value is -1.99. The number of hydrogen-bond donors (Lipinski definition) is 2. The van der Waals surface area contributed by atoms with Crippen molar-refractivity contribution in [2.24, 2.45) is 0 Å². The molecular weight excluding hydrogens is 419 g/mol. The van der Waals surface area contributed by atoms with Gasteiger partial charge in [-0.3, -0.25) is 10.1 Å². The smallest absolute Gasteiger partial charge is 0.257 e. The Morgan fingerprint density at radius 3 is 2.35 bits per heavy atom. The van der Waals surface area contributed by atoms with Crippen LogP contribution in [0.2, 0.25) is 0 Å². The van der Waals surface area contributed by atoms with Gasteiger partial charge in [-0.15, -0.1) is 0 Å². The number of carbonyl (C=O) groups is 1. The summed E-state index contributed by atoms with van der Waals surface area (Å²) in [4.78, 5) is 12.1. The molecule has 0 aliphatic heterocycles. The minimum atomic E-state index is -0.223. The molecule has 0 fully saturated rings. The Labute approximate surface area is 153 Å². The Morgan fingerprint density at radius 2 is 1.61 bits per heavy atom. The first-order valence-electron chi connectivity index (χ1n) is 6.98. The molecule has 3 rings (SSSR count). The first kappa shape index (κ1) is 15.9. The Bertz CT molecular complexity index is 878. The molecule has 1 amide bonds. The van der Waals surface area contributed by atoms with Gasteiger partial charge in [-0.2, -0.15) is 0 Å². The summed E-state index contributed by atoms with van der Waals surface area (Å²) in [5.41, 5.74) is 1.42. The van der Waals surface area contributed by atoms with Crippen molar-refractivity contribution in [1.82, 2.24) is 5.32 Å². The van der Waals surface area contributed by atoms with Gasteiger partial charge >= 0.3 is 0 Å². The van der Waals surface area contributed by atoms with Gasteiger partial charge in [0.2, 0.25) is 0 Å². The predicted octanol–water partition coefficient (Wildman–Crippen LogP) is 4.57. The molecule has 0 saturated carbocycles. The summed E-state index contributed by atoms with van der Waals surface area (Å²) < 4.78 is 1.08. The maximum Gasteiger partial charge on any atom is 0.257 e. The molecular formula is C18H13IN2OS. The standard InChI is InChI=1S/C18H13IN2OS/c19-15-8-5-13(6-9-15)17(22)21-18(23)20-16-10-7-12-3-1-2-4-14(12)11-16/h1-11H,(H2,20,21,22,23). The lowest BCUT2D eigenvalue weighted by Crippen LogP contribution is -2.34. The summed E-state index contributed by atoms with van der Waals surface area (Å²) in [6.07, 6.45) is 0. The molecule has 2 N–H and O–H groups in total. The van der Waals surface area contributed by atoms with Crippen molar-refractivity contribution >= 4 is 62.3 Å². The molecule has 0 aliphatic carbocycles.